The summed E-state index contributed by atoms with van der Waals surface area (Å²) in [6.45, 7) is 6.42. The van der Waals surface area contributed by atoms with Crippen molar-refractivity contribution in [2.75, 3.05) is 7.11 Å². The van der Waals surface area contributed by atoms with Gasteiger partial charge < -0.3 is 4.74 Å². The van der Waals surface area contributed by atoms with Gasteiger partial charge in [0.1, 0.15) is 0 Å². The summed E-state index contributed by atoms with van der Waals surface area (Å²) in [4.78, 5) is 11.3. The summed E-state index contributed by atoms with van der Waals surface area (Å²) in [7, 11) is 1.41. The van der Waals surface area contributed by atoms with Crippen LogP contribution in [0.2, 0.25) is 0 Å². The third-order valence-electron chi connectivity index (χ3n) is 2.57. The van der Waals surface area contributed by atoms with Gasteiger partial charge in [-0.25, -0.2) is 4.79 Å². The molecule has 0 aliphatic heterocycles. The molecule has 0 radical (unpaired) electrons. The molecule has 0 spiro atoms. The average Bonchev–Trinajstić information content (AvgIpc) is 2.26. The molecule has 2 nitrogen and oxygen atoms in total. The molecule has 0 saturated heterocycles. The molecule has 0 N–H and O–H groups in total. The predicted octanol–water partition coefficient (Wildman–Crippen LogP) is 3.16. The minimum Gasteiger partial charge on any atom is -0.465 e. The van der Waals surface area contributed by atoms with Gasteiger partial charge in [0.25, 0.3) is 0 Å². The number of benzene rings is 1. The van der Waals surface area contributed by atoms with E-state index in [4.69, 9.17) is 4.74 Å². The maximum atomic E-state index is 11.3. The molecule has 0 unspecified atom stereocenters. The number of rotatable bonds is 3. The Morgan fingerprint density at radius 1 is 1.40 bits per heavy atom. The monoisotopic (exact) mass is 206 g/mol. The lowest BCUT2D eigenvalue weighted by Gasteiger charge is -2.12. The van der Waals surface area contributed by atoms with Crippen LogP contribution in [0.5, 0.6) is 0 Å². The summed E-state index contributed by atoms with van der Waals surface area (Å²) in [6.07, 6.45) is 0.943. The Morgan fingerprint density at radius 2 is 2.07 bits per heavy atom. The minimum atomic E-state index is -0.264. The molecule has 0 bridgehead atoms. The summed E-state index contributed by atoms with van der Waals surface area (Å²) in [5.41, 5.74) is 3.18. The number of esters is 1. The summed E-state index contributed by atoms with van der Waals surface area (Å²) >= 11 is 0. The quantitative estimate of drug-likeness (QED) is 0.710. The smallest absolute Gasteiger partial charge is 0.337 e. The van der Waals surface area contributed by atoms with Gasteiger partial charge in [-0.1, -0.05) is 26.8 Å². The Bertz CT molecular complexity index is 354. The summed E-state index contributed by atoms with van der Waals surface area (Å²) in [6, 6.07) is 5.79. The third-order valence-corrected chi connectivity index (χ3v) is 2.57. The van der Waals surface area contributed by atoms with E-state index in [1.54, 1.807) is 0 Å². The molecule has 1 rings (SSSR count). The largest absolute Gasteiger partial charge is 0.465 e. The van der Waals surface area contributed by atoms with Crippen molar-refractivity contribution in [3.63, 3.8) is 0 Å². The van der Waals surface area contributed by atoms with Gasteiger partial charge in [-0.2, -0.15) is 0 Å². The van der Waals surface area contributed by atoms with E-state index in [-0.39, 0.29) is 5.97 Å². The number of carbonyl (C=O) groups excluding carboxylic acids is 1. The van der Waals surface area contributed by atoms with E-state index in [2.05, 4.69) is 20.8 Å². The van der Waals surface area contributed by atoms with Crippen molar-refractivity contribution in [3.8, 4) is 0 Å². The molecule has 0 saturated carbocycles. The first-order chi connectivity index (χ1) is 7.10. The fourth-order valence-corrected chi connectivity index (χ4v) is 1.72. The van der Waals surface area contributed by atoms with Crippen LogP contribution in [0, 0.1) is 0 Å². The first kappa shape index (κ1) is 11.8. The highest BCUT2D eigenvalue weighted by Crippen LogP contribution is 2.21. The topological polar surface area (TPSA) is 26.3 Å². The third kappa shape index (κ3) is 2.58. The molecule has 2 heteroatoms. The predicted molar refractivity (Wildman–Crippen MR) is 61.2 cm³/mol. The summed E-state index contributed by atoms with van der Waals surface area (Å²) in [5, 5.41) is 0. The number of ether oxygens (including phenoxy) is 1. The highest BCUT2D eigenvalue weighted by molar-refractivity contribution is 5.89. The van der Waals surface area contributed by atoms with Gasteiger partial charge >= 0.3 is 5.97 Å². The standard InChI is InChI=1S/C13H18O2/c1-5-10-8-11(13(14)15-4)6-7-12(10)9(2)3/h6-9H,5H2,1-4H3. The van der Waals surface area contributed by atoms with Crippen molar-refractivity contribution in [2.24, 2.45) is 0 Å². The number of carbonyl (C=O) groups is 1. The fraction of sp³-hybridized carbons (Fsp3) is 0.462. The molecule has 0 heterocycles. The van der Waals surface area contributed by atoms with Gasteiger partial charge in [0.05, 0.1) is 12.7 Å². The Balaban J connectivity index is 3.13. The molecular weight excluding hydrogens is 188 g/mol. The van der Waals surface area contributed by atoms with Crippen LogP contribution >= 0.6 is 0 Å². The Morgan fingerprint density at radius 3 is 2.53 bits per heavy atom. The van der Waals surface area contributed by atoms with Crippen LogP contribution in [-0.2, 0) is 11.2 Å². The van der Waals surface area contributed by atoms with Crippen LogP contribution < -0.4 is 0 Å². The van der Waals surface area contributed by atoms with E-state index in [1.165, 1.54) is 18.2 Å². The number of methoxy groups -OCH3 is 1. The maximum absolute atomic E-state index is 11.3. The second-order valence-electron chi connectivity index (χ2n) is 3.91. The highest BCUT2D eigenvalue weighted by Gasteiger charge is 2.10. The van der Waals surface area contributed by atoms with Crippen molar-refractivity contribution in [2.45, 2.75) is 33.1 Å². The highest BCUT2D eigenvalue weighted by atomic mass is 16.5. The minimum absolute atomic E-state index is 0.264. The van der Waals surface area contributed by atoms with Gasteiger partial charge in [-0.15, -0.1) is 0 Å². The van der Waals surface area contributed by atoms with Gasteiger partial charge in [0.15, 0.2) is 0 Å². The first-order valence-electron chi connectivity index (χ1n) is 5.31. The van der Waals surface area contributed by atoms with E-state index in [9.17, 15) is 4.79 Å². The molecule has 0 aromatic heterocycles. The molecule has 82 valence electrons. The molecule has 1 aromatic carbocycles. The zero-order valence-electron chi connectivity index (χ0n) is 9.83. The molecule has 0 fully saturated rings. The van der Waals surface area contributed by atoms with Crippen LogP contribution in [0.1, 0.15) is 48.2 Å². The van der Waals surface area contributed by atoms with E-state index in [1.807, 2.05) is 18.2 Å². The van der Waals surface area contributed by atoms with Crippen molar-refractivity contribution < 1.29 is 9.53 Å². The molecule has 1 aromatic rings. The van der Waals surface area contributed by atoms with Crippen LogP contribution in [-0.4, -0.2) is 13.1 Å². The van der Waals surface area contributed by atoms with E-state index in [0.717, 1.165) is 6.42 Å². The lowest BCUT2D eigenvalue weighted by atomic mass is 9.94. The van der Waals surface area contributed by atoms with Crippen molar-refractivity contribution in [3.05, 3.63) is 34.9 Å². The van der Waals surface area contributed by atoms with Crippen molar-refractivity contribution >= 4 is 5.97 Å². The number of hydrogen-bond donors (Lipinski definition) is 0. The van der Waals surface area contributed by atoms with Crippen LogP contribution in [0.15, 0.2) is 18.2 Å². The molecule has 0 amide bonds. The molecule has 15 heavy (non-hydrogen) atoms. The molecule has 0 aliphatic carbocycles. The number of hydrogen-bond acceptors (Lipinski definition) is 2. The fourth-order valence-electron chi connectivity index (χ4n) is 1.72. The Labute approximate surface area is 91.3 Å². The van der Waals surface area contributed by atoms with Gasteiger partial charge in [-0.05, 0) is 35.6 Å². The Hall–Kier alpha value is -1.31. The van der Waals surface area contributed by atoms with E-state index in [0.29, 0.717) is 11.5 Å². The zero-order valence-corrected chi connectivity index (χ0v) is 9.83. The second-order valence-corrected chi connectivity index (χ2v) is 3.91. The van der Waals surface area contributed by atoms with Gasteiger partial charge in [-0.3, -0.25) is 0 Å². The lowest BCUT2D eigenvalue weighted by Crippen LogP contribution is -2.04. The molecule has 0 atom stereocenters. The maximum Gasteiger partial charge on any atom is 0.337 e. The van der Waals surface area contributed by atoms with Crippen LogP contribution in [0.25, 0.3) is 0 Å². The second kappa shape index (κ2) is 4.96. The number of aryl methyl sites for hydroxylation is 1. The van der Waals surface area contributed by atoms with E-state index < -0.39 is 0 Å². The molecular formula is C13H18O2. The average molecular weight is 206 g/mol. The first-order valence-corrected chi connectivity index (χ1v) is 5.31. The normalized spacial score (nSPS) is 10.5. The Kier molecular flexibility index (Phi) is 3.89. The van der Waals surface area contributed by atoms with Gasteiger partial charge in [0.2, 0.25) is 0 Å². The van der Waals surface area contributed by atoms with Crippen LogP contribution in [0.4, 0.5) is 0 Å². The van der Waals surface area contributed by atoms with E-state index >= 15 is 0 Å². The zero-order chi connectivity index (χ0) is 11.4. The lowest BCUT2D eigenvalue weighted by molar-refractivity contribution is 0.0600. The van der Waals surface area contributed by atoms with Crippen LogP contribution in [0.3, 0.4) is 0 Å². The summed E-state index contributed by atoms with van der Waals surface area (Å²) in [5.74, 6) is 0.228. The SMILES string of the molecule is CCc1cc(C(=O)OC)ccc1C(C)C. The van der Waals surface area contributed by atoms with Crippen molar-refractivity contribution in [1.82, 2.24) is 0 Å². The summed E-state index contributed by atoms with van der Waals surface area (Å²) < 4.78 is 4.70. The van der Waals surface area contributed by atoms with Crippen molar-refractivity contribution in [1.29, 1.82) is 0 Å². The van der Waals surface area contributed by atoms with Gasteiger partial charge in [0, 0.05) is 0 Å². The molecule has 0 aliphatic rings.